The van der Waals surface area contributed by atoms with Crippen molar-refractivity contribution in [2.24, 2.45) is 0 Å². The lowest BCUT2D eigenvalue weighted by atomic mass is 10.0. The van der Waals surface area contributed by atoms with Crippen LogP contribution in [0.15, 0.2) is 22.6 Å². The number of benzene rings is 1. The van der Waals surface area contributed by atoms with E-state index in [0.717, 1.165) is 24.1 Å². The molecule has 0 aliphatic heterocycles. The molecule has 0 spiro atoms. The molecule has 0 aliphatic rings. The first kappa shape index (κ1) is 14.0. The van der Waals surface area contributed by atoms with E-state index in [0.29, 0.717) is 5.89 Å². The Balaban J connectivity index is 2.05. The third-order valence-corrected chi connectivity index (χ3v) is 3.72. The molecule has 0 radical (unpaired) electrons. The standard InChI is InChI=1S/C15H22N2O2/c1-11-16-13-6-5-12(9-14(13)19-11)7-8-17(4)15(2,3)10-18/h5-6,9,18H,7-8,10H2,1-4H3. The number of hydrogen-bond acceptors (Lipinski definition) is 4. The third kappa shape index (κ3) is 3.14. The predicted molar refractivity (Wildman–Crippen MR) is 76.2 cm³/mol. The highest BCUT2D eigenvalue weighted by atomic mass is 16.3. The molecule has 0 fully saturated rings. The molecule has 19 heavy (non-hydrogen) atoms. The lowest BCUT2D eigenvalue weighted by Gasteiger charge is -2.33. The van der Waals surface area contributed by atoms with Gasteiger partial charge >= 0.3 is 0 Å². The number of oxazole rings is 1. The van der Waals surface area contributed by atoms with E-state index in [1.807, 2.05) is 33.9 Å². The number of aliphatic hydroxyl groups excluding tert-OH is 1. The Hall–Kier alpha value is -1.39. The Kier molecular flexibility index (Phi) is 3.92. The zero-order valence-corrected chi connectivity index (χ0v) is 12.1. The van der Waals surface area contributed by atoms with Gasteiger partial charge in [-0.3, -0.25) is 4.90 Å². The largest absolute Gasteiger partial charge is 0.441 e. The van der Waals surface area contributed by atoms with Crippen molar-refractivity contribution >= 4 is 11.1 Å². The second kappa shape index (κ2) is 5.31. The molecule has 0 aliphatic carbocycles. The number of fused-ring (bicyclic) bond motifs is 1. The molecule has 0 saturated carbocycles. The van der Waals surface area contributed by atoms with Crippen LogP contribution in [0.25, 0.3) is 11.1 Å². The number of likely N-dealkylation sites (N-methyl/N-ethyl adjacent to an activating group) is 1. The monoisotopic (exact) mass is 262 g/mol. The maximum Gasteiger partial charge on any atom is 0.192 e. The Morgan fingerprint density at radius 3 is 2.79 bits per heavy atom. The molecule has 0 unspecified atom stereocenters. The van der Waals surface area contributed by atoms with Gasteiger partial charge in [-0.25, -0.2) is 4.98 Å². The Morgan fingerprint density at radius 2 is 2.11 bits per heavy atom. The van der Waals surface area contributed by atoms with Crippen LogP contribution >= 0.6 is 0 Å². The average molecular weight is 262 g/mol. The van der Waals surface area contributed by atoms with Crippen molar-refractivity contribution in [2.45, 2.75) is 32.7 Å². The SMILES string of the molecule is Cc1nc2ccc(CCN(C)C(C)(C)CO)cc2o1. The second-order valence-corrected chi connectivity index (χ2v) is 5.68. The lowest BCUT2D eigenvalue weighted by molar-refractivity contribution is 0.0801. The Labute approximate surface area is 114 Å². The minimum absolute atomic E-state index is 0.157. The topological polar surface area (TPSA) is 49.5 Å². The van der Waals surface area contributed by atoms with Gasteiger partial charge in [-0.2, -0.15) is 0 Å². The Bertz CT molecular complexity index is 560. The maximum absolute atomic E-state index is 9.34. The second-order valence-electron chi connectivity index (χ2n) is 5.68. The number of aryl methyl sites for hydroxylation is 1. The van der Waals surface area contributed by atoms with Crippen LogP contribution in [0.5, 0.6) is 0 Å². The first-order chi connectivity index (χ1) is 8.92. The van der Waals surface area contributed by atoms with Crippen molar-refractivity contribution in [2.75, 3.05) is 20.2 Å². The van der Waals surface area contributed by atoms with Gasteiger partial charge in [0.25, 0.3) is 0 Å². The molecule has 1 heterocycles. The maximum atomic E-state index is 9.34. The van der Waals surface area contributed by atoms with Crippen LogP contribution in [0.2, 0.25) is 0 Å². The highest BCUT2D eigenvalue weighted by Gasteiger charge is 2.21. The van der Waals surface area contributed by atoms with Crippen LogP contribution in [-0.2, 0) is 6.42 Å². The highest BCUT2D eigenvalue weighted by molar-refractivity contribution is 5.73. The van der Waals surface area contributed by atoms with Crippen molar-refractivity contribution in [1.82, 2.24) is 9.88 Å². The first-order valence-electron chi connectivity index (χ1n) is 6.60. The van der Waals surface area contributed by atoms with Crippen molar-refractivity contribution in [1.29, 1.82) is 0 Å². The molecule has 4 nitrogen and oxygen atoms in total. The van der Waals surface area contributed by atoms with E-state index < -0.39 is 0 Å². The highest BCUT2D eigenvalue weighted by Crippen LogP contribution is 2.18. The molecule has 0 atom stereocenters. The fourth-order valence-electron chi connectivity index (χ4n) is 1.96. The first-order valence-corrected chi connectivity index (χ1v) is 6.60. The van der Waals surface area contributed by atoms with Gasteiger partial charge in [0.05, 0.1) is 6.61 Å². The van der Waals surface area contributed by atoms with E-state index in [1.165, 1.54) is 5.56 Å². The van der Waals surface area contributed by atoms with Gasteiger partial charge in [0.2, 0.25) is 0 Å². The number of nitrogens with zero attached hydrogens (tertiary/aromatic N) is 2. The number of rotatable bonds is 5. The molecule has 104 valence electrons. The number of hydrogen-bond donors (Lipinski definition) is 1. The van der Waals surface area contributed by atoms with Crippen LogP contribution in [-0.4, -0.2) is 40.7 Å². The van der Waals surface area contributed by atoms with Crippen LogP contribution < -0.4 is 0 Å². The van der Waals surface area contributed by atoms with Gasteiger partial charge < -0.3 is 9.52 Å². The summed E-state index contributed by atoms with van der Waals surface area (Å²) in [5, 5.41) is 9.34. The van der Waals surface area contributed by atoms with Crippen molar-refractivity contribution in [3.8, 4) is 0 Å². The average Bonchev–Trinajstić information content (AvgIpc) is 2.74. The van der Waals surface area contributed by atoms with E-state index in [4.69, 9.17) is 4.42 Å². The quantitative estimate of drug-likeness (QED) is 0.899. The number of aromatic nitrogens is 1. The van der Waals surface area contributed by atoms with Crippen LogP contribution in [0, 0.1) is 6.92 Å². The van der Waals surface area contributed by atoms with Gasteiger partial charge in [-0.15, -0.1) is 0 Å². The van der Waals surface area contributed by atoms with Gasteiger partial charge in [-0.05, 0) is 45.0 Å². The fourth-order valence-corrected chi connectivity index (χ4v) is 1.96. The van der Waals surface area contributed by atoms with E-state index in [-0.39, 0.29) is 12.1 Å². The summed E-state index contributed by atoms with van der Waals surface area (Å²) in [5.41, 5.74) is 2.79. The summed E-state index contributed by atoms with van der Waals surface area (Å²) >= 11 is 0. The van der Waals surface area contributed by atoms with Gasteiger partial charge in [0.1, 0.15) is 5.52 Å². The molecule has 4 heteroatoms. The van der Waals surface area contributed by atoms with Gasteiger partial charge in [0, 0.05) is 19.0 Å². The molecule has 0 saturated heterocycles. The minimum Gasteiger partial charge on any atom is -0.441 e. The molecule has 1 aromatic heterocycles. The van der Waals surface area contributed by atoms with E-state index in [1.54, 1.807) is 0 Å². The summed E-state index contributed by atoms with van der Waals surface area (Å²) in [7, 11) is 2.04. The molecule has 2 aromatic rings. The lowest BCUT2D eigenvalue weighted by Crippen LogP contribution is -2.45. The van der Waals surface area contributed by atoms with Crippen molar-refractivity contribution < 1.29 is 9.52 Å². The molecule has 0 amide bonds. The molecule has 1 aromatic carbocycles. The number of aliphatic hydroxyl groups is 1. The molecule has 0 bridgehead atoms. The predicted octanol–water partition coefficient (Wildman–Crippen LogP) is 2.38. The van der Waals surface area contributed by atoms with Crippen LogP contribution in [0.3, 0.4) is 0 Å². The van der Waals surface area contributed by atoms with E-state index in [9.17, 15) is 5.11 Å². The summed E-state index contributed by atoms with van der Waals surface area (Å²) in [6.07, 6.45) is 0.926. The smallest absolute Gasteiger partial charge is 0.192 e. The normalized spacial score (nSPS) is 12.5. The molecule has 1 N–H and O–H groups in total. The zero-order valence-electron chi connectivity index (χ0n) is 12.1. The van der Waals surface area contributed by atoms with Crippen molar-refractivity contribution in [3.63, 3.8) is 0 Å². The van der Waals surface area contributed by atoms with E-state index >= 15 is 0 Å². The van der Waals surface area contributed by atoms with Crippen LogP contribution in [0.1, 0.15) is 25.3 Å². The fraction of sp³-hybridized carbons (Fsp3) is 0.533. The molecular weight excluding hydrogens is 240 g/mol. The summed E-state index contributed by atoms with van der Waals surface area (Å²) in [5.74, 6) is 0.700. The summed E-state index contributed by atoms with van der Waals surface area (Å²) in [6.45, 7) is 6.99. The Morgan fingerprint density at radius 1 is 1.37 bits per heavy atom. The summed E-state index contributed by atoms with van der Waals surface area (Å²) < 4.78 is 5.54. The van der Waals surface area contributed by atoms with Gasteiger partial charge in [0.15, 0.2) is 11.5 Å². The minimum atomic E-state index is -0.188. The molecular formula is C15H22N2O2. The summed E-state index contributed by atoms with van der Waals surface area (Å²) in [4.78, 5) is 6.46. The van der Waals surface area contributed by atoms with Crippen LogP contribution in [0.4, 0.5) is 0 Å². The third-order valence-electron chi connectivity index (χ3n) is 3.72. The zero-order chi connectivity index (χ0) is 14.0. The summed E-state index contributed by atoms with van der Waals surface area (Å²) in [6, 6.07) is 6.14. The van der Waals surface area contributed by atoms with E-state index in [2.05, 4.69) is 22.0 Å². The van der Waals surface area contributed by atoms with Gasteiger partial charge in [-0.1, -0.05) is 6.07 Å². The van der Waals surface area contributed by atoms with Crippen molar-refractivity contribution in [3.05, 3.63) is 29.7 Å². The molecule has 2 rings (SSSR count).